The Hall–Kier alpha value is -1.76. The molecule has 16 heavy (non-hydrogen) atoms. The molecule has 0 atom stereocenters. The second kappa shape index (κ2) is 3.38. The van der Waals surface area contributed by atoms with Crippen LogP contribution < -0.4 is 0 Å². The van der Waals surface area contributed by atoms with E-state index in [9.17, 15) is 0 Å². The van der Waals surface area contributed by atoms with Gasteiger partial charge in [0.25, 0.3) is 0 Å². The Bertz CT molecular complexity index is 662. The van der Waals surface area contributed by atoms with Gasteiger partial charge in [0.05, 0.1) is 0 Å². The van der Waals surface area contributed by atoms with Crippen LogP contribution in [0, 0.1) is 6.92 Å². The fourth-order valence-corrected chi connectivity index (χ4v) is 2.21. The molecule has 1 nitrogen and oxygen atoms in total. The predicted octanol–water partition coefficient (Wildman–Crippen LogP) is 4.46. The zero-order chi connectivity index (χ0) is 11.1. The zero-order valence-electron chi connectivity index (χ0n) is 9.58. The van der Waals surface area contributed by atoms with Gasteiger partial charge in [-0.25, -0.2) is 0 Å². The molecule has 0 amide bonds. The molecule has 1 aromatic heterocycles. The van der Waals surface area contributed by atoms with E-state index in [1.807, 2.05) is 0 Å². The van der Waals surface area contributed by atoms with Crippen LogP contribution in [0.5, 0.6) is 0 Å². The maximum atomic E-state index is 5.88. The Labute approximate surface area is 94.7 Å². The molecule has 0 saturated heterocycles. The third kappa shape index (κ3) is 1.25. The highest BCUT2D eigenvalue weighted by molar-refractivity contribution is 6.05. The molecule has 0 aliphatic heterocycles. The van der Waals surface area contributed by atoms with Crippen LogP contribution in [0.25, 0.3) is 21.9 Å². The van der Waals surface area contributed by atoms with E-state index in [-0.39, 0.29) is 0 Å². The second-order valence-electron chi connectivity index (χ2n) is 4.24. The van der Waals surface area contributed by atoms with Gasteiger partial charge in [-0.05, 0) is 36.6 Å². The number of hydrogen-bond donors (Lipinski definition) is 0. The number of benzene rings is 2. The second-order valence-corrected chi connectivity index (χ2v) is 4.24. The van der Waals surface area contributed by atoms with Crippen molar-refractivity contribution in [3.05, 3.63) is 47.5 Å². The standard InChI is InChI=1S/C15H14O/c1-3-11-7-8-14-13(9-11)12-6-4-5-10(2)15(12)16-14/h4-9H,3H2,1-2H3. The van der Waals surface area contributed by atoms with E-state index in [0.29, 0.717) is 0 Å². The Kier molecular flexibility index (Phi) is 2.00. The molecule has 1 heterocycles. The van der Waals surface area contributed by atoms with E-state index in [4.69, 9.17) is 4.42 Å². The Morgan fingerprint density at radius 1 is 1.06 bits per heavy atom. The van der Waals surface area contributed by atoms with Crippen LogP contribution >= 0.6 is 0 Å². The Morgan fingerprint density at radius 2 is 1.94 bits per heavy atom. The highest BCUT2D eigenvalue weighted by atomic mass is 16.3. The lowest BCUT2D eigenvalue weighted by molar-refractivity contribution is 0.665. The lowest BCUT2D eigenvalue weighted by Crippen LogP contribution is -1.77. The molecule has 3 rings (SSSR count). The topological polar surface area (TPSA) is 13.1 Å². The van der Waals surface area contributed by atoms with Crippen molar-refractivity contribution in [2.75, 3.05) is 0 Å². The fraction of sp³-hybridized carbons (Fsp3) is 0.200. The summed E-state index contributed by atoms with van der Waals surface area (Å²) >= 11 is 0. The van der Waals surface area contributed by atoms with Gasteiger partial charge < -0.3 is 4.42 Å². The van der Waals surface area contributed by atoms with Crippen LogP contribution in [0.4, 0.5) is 0 Å². The van der Waals surface area contributed by atoms with Gasteiger partial charge in [-0.3, -0.25) is 0 Å². The molecule has 0 N–H and O–H groups in total. The first kappa shape index (κ1) is 9.46. The summed E-state index contributed by atoms with van der Waals surface area (Å²) in [5.74, 6) is 0. The summed E-state index contributed by atoms with van der Waals surface area (Å²) in [5.41, 5.74) is 4.57. The number of aryl methyl sites for hydroxylation is 2. The minimum Gasteiger partial charge on any atom is -0.456 e. The van der Waals surface area contributed by atoms with Gasteiger partial charge in [-0.2, -0.15) is 0 Å². The lowest BCUT2D eigenvalue weighted by Gasteiger charge is -1.95. The average molecular weight is 210 g/mol. The summed E-state index contributed by atoms with van der Waals surface area (Å²) in [6.45, 7) is 4.26. The maximum Gasteiger partial charge on any atom is 0.138 e. The molecule has 0 unspecified atom stereocenters. The lowest BCUT2D eigenvalue weighted by atomic mass is 10.1. The summed E-state index contributed by atoms with van der Waals surface area (Å²) in [4.78, 5) is 0. The van der Waals surface area contributed by atoms with E-state index < -0.39 is 0 Å². The number of fused-ring (bicyclic) bond motifs is 3. The number of rotatable bonds is 1. The van der Waals surface area contributed by atoms with Crippen LogP contribution in [0.15, 0.2) is 40.8 Å². The molecule has 80 valence electrons. The number of para-hydroxylation sites is 1. The molecule has 0 aliphatic rings. The number of furan rings is 1. The molecule has 0 radical (unpaired) electrons. The third-order valence-electron chi connectivity index (χ3n) is 3.17. The first-order chi connectivity index (χ1) is 7.79. The molecular weight excluding hydrogens is 196 g/mol. The van der Waals surface area contributed by atoms with Crippen molar-refractivity contribution < 1.29 is 4.42 Å². The zero-order valence-corrected chi connectivity index (χ0v) is 9.58. The van der Waals surface area contributed by atoms with E-state index >= 15 is 0 Å². The van der Waals surface area contributed by atoms with Crippen LogP contribution in [0.3, 0.4) is 0 Å². The van der Waals surface area contributed by atoms with Crippen molar-refractivity contribution in [3.8, 4) is 0 Å². The fourth-order valence-electron chi connectivity index (χ4n) is 2.21. The first-order valence-electron chi connectivity index (χ1n) is 5.70. The van der Waals surface area contributed by atoms with Crippen molar-refractivity contribution in [2.24, 2.45) is 0 Å². The summed E-state index contributed by atoms with van der Waals surface area (Å²) < 4.78 is 5.88. The SMILES string of the molecule is CCc1ccc2oc3c(C)cccc3c2c1. The van der Waals surface area contributed by atoms with Gasteiger partial charge in [0.15, 0.2) is 0 Å². The molecule has 0 saturated carbocycles. The Morgan fingerprint density at radius 3 is 2.75 bits per heavy atom. The van der Waals surface area contributed by atoms with Crippen LogP contribution in [0.2, 0.25) is 0 Å². The monoisotopic (exact) mass is 210 g/mol. The van der Waals surface area contributed by atoms with E-state index in [1.165, 1.54) is 21.9 Å². The summed E-state index contributed by atoms with van der Waals surface area (Å²) in [6, 6.07) is 12.8. The van der Waals surface area contributed by atoms with Crippen molar-refractivity contribution >= 4 is 21.9 Å². The number of hydrogen-bond acceptors (Lipinski definition) is 1. The van der Waals surface area contributed by atoms with Gasteiger partial charge >= 0.3 is 0 Å². The smallest absolute Gasteiger partial charge is 0.138 e. The summed E-state index contributed by atoms with van der Waals surface area (Å²) in [6.07, 6.45) is 1.06. The van der Waals surface area contributed by atoms with Crippen molar-refractivity contribution in [1.29, 1.82) is 0 Å². The molecule has 0 aliphatic carbocycles. The van der Waals surface area contributed by atoms with E-state index in [2.05, 4.69) is 50.2 Å². The van der Waals surface area contributed by atoms with Crippen LogP contribution in [0.1, 0.15) is 18.1 Å². The molecule has 0 bridgehead atoms. The van der Waals surface area contributed by atoms with Gasteiger partial charge in [-0.1, -0.05) is 31.2 Å². The first-order valence-corrected chi connectivity index (χ1v) is 5.70. The van der Waals surface area contributed by atoms with Crippen LogP contribution in [-0.2, 0) is 6.42 Å². The molecule has 0 fully saturated rings. The molecule has 2 aromatic carbocycles. The Balaban J connectivity index is 2.47. The van der Waals surface area contributed by atoms with Crippen molar-refractivity contribution in [3.63, 3.8) is 0 Å². The van der Waals surface area contributed by atoms with E-state index in [1.54, 1.807) is 0 Å². The normalized spacial score (nSPS) is 11.4. The minimum atomic E-state index is 0.988. The average Bonchev–Trinajstić information content (AvgIpc) is 2.68. The highest BCUT2D eigenvalue weighted by Gasteiger charge is 2.08. The minimum absolute atomic E-state index is 0.988. The van der Waals surface area contributed by atoms with Gasteiger partial charge in [-0.15, -0.1) is 0 Å². The molecule has 0 spiro atoms. The quantitative estimate of drug-likeness (QED) is 0.578. The van der Waals surface area contributed by atoms with E-state index in [0.717, 1.165) is 17.6 Å². The van der Waals surface area contributed by atoms with Gasteiger partial charge in [0.2, 0.25) is 0 Å². The van der Waals surface area contributed by atoms with Gasteiger partial charge in [0.1, 0.15) is 11.2 Å². The maximum absolute atomic E-state index is 5.88. The van der Waals surface area contributed by atoms with Crippen LogP contribution in [-0.4, -0.2) is 0 Å². The third-order valence-corrected chi connectivity index (χ3v) is 3.17. The molecule has 3 aromatic rings. The molecular formula is C15H14O. The predicted molar refractivity (Wildman–Crippen MR) is 67.8 cm³/mol. The van der Waals surface area contributed by atoms with Crippen molar-refractivity contribution in [2.45, 2.75) is 20.3 Å². The molecule has 1 heteroatoms. The largest absolute Gasteiger partial charge is 0.456 e. The van der Waals surface area contributed by atoms with Crippen molar-refractivity contribution in [1.82, 2.24) is 0 Å². The summed E-state index contributed by atoms with van der Waals surface area (Å²) in [5, 5.41) is 2.46. The summed E-state index contributed by atoms with van der Waals surface area (Å²) in [7, 11) is 0. The highest BCUT2D eigenvalue weighted by Crippen LogP contribution is 2.31. The van der Waals surface area contributed by atoms with Gasteiger partial charge in [0, 0.05) is 10.8 Å².